The monoisotopic (exact) mass is 582 g/mol. The standard InChI is InChI=1S/C38H34N2O4/c1-37(2)13-15-40-16-14-38(3,4)32-33(40)30(37)19-22-18-29(36(42)44-34(22)32)27-12-11-26(24-7-5-6-8-25(24)27)28-17-21-9-10-23(39)20-31(21)43-35(28)41/h5-12,17-20H,13-16,39H2,1-4H3. The fourth-order valence-corrected chi connectivity index (χ4v) is 7.42. The first-order valence-electron chi connectivity index (χ1n) is 15.3. The van der Waals surface area contributed by atoms with E-state index in [1.165, 1.54) is 11.3 Å². The SMILES string of the molecule is CC1(C)CCN2CCC(C)(C)c3c2c1cc1cc(-c2ccc(-c4cc5ccc(N)cc5oc4=O)c4ccccc24)c(=O)oc31. The second-order valence-corrected chi connectivity index (χ2v) is 13.7. The van der Waals surface area contributed by atoms with Crippen LogP contribution in [0.3, 0.4) is 0 Å². The van der Waals surface area contributed by atoms with Crippen molar-refractivity contribution < 1.29 is 8.83 Å². The summed E-state index contributed by atoms with van der Waals surface area (Å²) in [5.41, 5.74) is 12.9. The molecule has 0 fully saturated rings. The first kappa shape index (κ1) is 26.8. The van der Waals surface area contributed by atoms with Gasteiger partial charge in [0.25, 0.3) is 0 Å². The van der Waals surface area contributed by atoms with Crippen molar-refractivity contribution in [3.8, 4) is 22.3 Å². The summed E-state index contributed by atoms with van der Waals surface area (Å²) < 4.78 is 12.0. The molecule has 2 aliphatic heterocycles. The molecule has 4 heterocycles. The van der Waals surface area contributed by atoms with Crippen LogP contribution in [-0.2, 0) is 10.8 Å². The lowest BCUT2D eigenvalue weighted by atomic mass is 9.69. The molecule has 0 saturated heterocycles. The number of nitrogen functional groups attached to an aromatic ring is 1. The van der Waals surface area contributed by atoms with Crippen molar-refractivity contribution in [1.82, 2.24) is 0 Å². The maximum Gasteiger partial charge on any atom is 0.344 e. The molecular formula is C38H34N2O4. The van der Waals surface area contributed by atoms with Crippen LogP contribution in [0, 0.1) is 0 Å². The molecule has 4 aromatic carbocycles. The van der Waals surface area contributed by atoms with Gasteiger partial charge in [-0.05, 0) is 81.5 Å². The van der Waals surface area contributed by atoms with Crippen molar-refractivity contribution in [2.75, 3.05) is 23.7 Å². The third kappa shape index (κ3) is 3.86. The van der Waals surface area contributed by atoms with Gasteiger partial charge in [0.2, 0.25) is 0 Å². The van der Waals surface area contributed by atoms with Crippen LogP contribution in [-0.4, -0.2) is 13.1 Å². The zero-order valence-electron chi connectivity index (χ0n) is 25.4. The lowest BCUT2D eigenvalue weighted by Crippen LogP contribution is -2.44. The molecule has 0 unspecified atom stereocenters. The fourth-order valence-electron chi connectivity index (χ4n) is 7.42. The van der Waals surface area contributed by atoms with Crippen LogP contribution >= 0.6 is 0 Å². The summed E-state index contributed by atoms with van der Waals surface area (Å²) in [4.78, 5) is 29.5. The second-order valence-electron chi connectivity index (χ2n) is 13.7. The van der Waals surface area contributed by atoms with E-state index < -0.39 is 5.63 Å². The van der Waals surface area contributed by atoms with E-state index in [0.29, 0.717) is 28.0 Å². The predicted molar refractivity (Wildman–Crippen MR) is 179 cm³/mol. The van der Waals surface area contributed by atoms with Gasteiger partial charge in [-0.1, -0.05) is 64.1 Å². The molecule has 0 atom stereocenters. The van der Waals surface area contributed by atoms with Crippen molar-refractivity contribution in [2.45, 2.75) is 51.4 Å². The van der Waals surface area contributed by atoms with E-state index in [-0.39, 0.29) is 16.5 Å². The Morgan fingerprint density at radius 1 is 0.682 bits per heavy atom. The third-order valence-corrected chi connectivity index (χ3v) is 10.00. The van der Waals surface area contributed by atoms with Gasteiger partial charge in [-0.3, -0.25) is 0 Å². The molecular weight excluding hydrogens is 548 g/mol. The average molecular weight is 583 g/mol. The van der Waals surface area contributed by atoms with Crippen LogP contribution in [0.4, 0.5) is 11.4 Å². The van der Waals surface area contributed by atoms with Crippen LogP contribution < -0.4 is 21.9 Å². The first-order chi connectivity index (χ1) is 21.0. The largest absolute Gasteiger partial charge is 0.422 e. The quantitative estimate of drug-likeness (QED) is 0.164. The summed E-state index contributed by atoms with van der Waals surface area (Å²) in [6.07, 6.45) is 2.09. The van der Waals surface area contributed by atoms with Gasteiger partial charge in [-0.15, -0.1) is 0 Å². The number of nitrogens with zero attached hydrogens (tertiary/aromatic N) is 1. The van der Waals surface area contributed by atoms with E-state index in [1.807, 2.05) is 54.6 Å². The molecule has 0 saturated carbocycles. The Morgan fingerprint density at radius 2 is 1.30 bits per heavy atom. The van der Waals surface area contributed by atoms with E-state index in [0.717, 1.165) is 64.2 Å². The zero-order valence-corrected chi connectivity index (χ0v) is 25.4. The Balaban J connectivity index is 1.37. The van der Waals surface area contributed by atoms with Crippen LogP contribution in [0.2, 0.25) is 0 Å². The average Bonchev–Trinajstić information content (AvgIpc) is 2.98. The van der Waals surface area contributed by atoms with Gasteiger partial charge in [-0.25, -0.2) is 9.59 Å². The highest BCUT2D eigenvalue weighted by Gasteiger charge is 2.42. The van der Waals surface area contributed by atoms with Crippen LogP contribution in [0.25, 0.3) is 55.0 Å². The Bertz CT molecular complexity index is 2310. The van der Waals surface area contributed by atoms with Crippen LogP contribution in [0.5, 0.6) is 0 Å². The normalized spacial score (nSPS) is 16.9. The Labute approximate surface area is 254 Å². The van der Waals surface area contributed by atoms with E-state index in [9.17, 15) is 9.59 Å². The second kappa shape index (κ2) is 9.08. The van der Waals surface area contributed by atoms with Gasteiger partial charge in [0.15, 0.2) is 0 Å². The summed E-state index contributed by atoms with van der Waals surface area (Å²) in [5.74, 6) is 0. The van der Waals surface area contributed by atoms with Crippen LogP contribution in [0.1, 0.15) is 51.7 Å². The molecule has 6 aromatic rings. The molecule has 0 spiro atoms. The summed E-state index contributed by atoms with van der Waals surface area (Å²) in [6, 6.07) is 23.1. The third-order valence-electron chi connectivity index (χ3n) is 10.00. The van der Waals surface area contributed by atoms with Gasteiger partial charge in [-0.2, -0.15) is 0 Å². The summed E-state index contributed by atoms with van der Waals surface area (Å²) in [7, 11) is 0. The summed E-state index contributed by atoms with van der Waals surface area (Å²) >= 11 is 0. The molecule has 220 valence electrons. The van der Waals surface area contributed by atoms with Gasteiger partial charge in [0, 0.05) is 46.9 Å². The highest BCUT2D eigenvalue weighted by molar-refractivity contribution is 6.06. The Kier molecular flexibility index (Phi) is 5.53. The molecule has 44 heavy (non-hydrogen) atoms. The molecule has 2 aromatic heterocycles. The molecule has 6 heteroatoms. The number of hydrogen-bond acceptors (Lipinski definition) is 6. The first-order valence-corrected chi connectivity index (χ1v) is 15.3. The van der Waals surface area contributed by atoms with E-state index >= 15 is 0 Å². The number of hydrogen-bond donors (Lipinski definition) is 1. The lowest BCUT2D eigenvalue weighted by molar-refractivity contribution is 0.398. The fraction of sp³-hybridized carbons (Fsp3) is 0.263. The van der Waals surface area contributed by atoms with Gasteiger partial charge in [0.1, 0.15) is 11.2 Å². The Hall–Kier alpha value is -4.84. The summed E-state index contributed by atoms with van der Waals surface area (Å²) in [6.45, 7) is 11.2. The predicted octanol–water partition coefficient (Wildman–Crippen LogP) is 8.14. The minimum absolute atomic E-state index is 0.0134. The molecule has 2 N–H and O–H groups in total. The molecule has 0 bridgehead atoms. The van der Waals surface area contributed by atoms with E-state index in [1.54, 1.807) is 12.1 Å². The van der Waals surface area contributed by atoms with E-state index in [4.69, 9.17) is 14.6 Å². The molecule has 6 nitrogen and oxygen atoms in total. The van der Waals surface area contributed by atoms with Gasteiger partial charge >= 0.3 is 11.3 Å². The number of nitrogens with two attached hydrogens (primary N) is 1. The molecule has 0 aliphatic carbocycles. The number of fused-ring (bicyclic) bond motifs is 4. The van der Waals surface area contributed by atoms with Crippen LogP contribution in [0.15, 0.2) is 91.2 Å². The summed E-state index contributed by atoms with van der Waals surface area (Å²) in [5, 5.41) is 3.44. The maximum absolute atomic E-state index is 13.9. The van der Waals surface area contributed by atoms with Crippen molar-refractivity contribution >= 4 is 44.1 Å². The lowest BCUT2D eigenvalue weighted by Gasteiger charge is -2.48. The van der Waals surface area contributed by atoms with Gasteiger partial charge in [0.05, 0.1) is 11.1 Å². The molecule has 0 amide bonds. The number of benzene rings is 4. The maximum atomic E-state index is 13.9. The molecule has 0 radical (unpaired) electrons. The van der Waals surface area contributed by atoms with Crippen molar-refractivity contribution in [3.05, 3.63) is 105 Å². The minimum atomic E-state index is -0.441. The number of rotatable bonds is 2. The van der Waals surface area contributed by atoms with E-state index in [2.05, 4.69) is 38.7 Å². The smallest absolute Gasteiger partial charge is 0.344 e. The van der Waals surface area contributed by atoms with Crippen molar-refractivity contribution in [1.29, 1.82) is 0 Å². The van der Waals surface area contributed by atoms with Gasteiger partial charge < -0.3 is 19.5 Å². The highest BCUT2D eigenvalue weighted by Crippen LogP contribution is 2.52. The zero-order chi connectivity index (χ0) is 30.5. The molecule has 8 rings (SSSR count). The number of anilines is 2. The molecule has 2 aliphatic rings. The minimum Gasteiger partial charge on any atom is -0.422 e. The topological polar surface area (TPSA) is 89.7 Å². The highest BCUT2D eigenvalue weighted by atomic mass is 16.4. The van der Waals surface area contributed by atoms with Crippen molar-refractivity contribution in [3.63, 3.8) is 0 Å². The Morgan fingerprint density at radius 3 is 1.98 bits per heavy atom. The van der Waals surface area contributed by atoms with Crippen molar-refractivity contribution in [2.24, 2.45) is 0 Å².